The summed E-state index contributed by atoms with van der Waals surface area (Å²) >= 11 is 0. The van der Waals surface area contributed by atoms with Crippen LogP contribution < -0.4 is 0 Å². The third-order valence-corrected chi connectivity index (χ3v) is 2.43. The molecule has 0 amide bonds. The zero-order valence-corrected chi connectivity index (χ0v) is 5.96. The molecule has 0 saturated carbocycles. The van der Waals surface area contributed by atoms with Crippen molar-refractivity contribution in [2.24, 2.45) is 5.92 Å². The molecule has 0 N–H and O–H groups in total. The second-order valence-electron chi connectivity index (χ2n) is 3.20. The Morgan fingerprint density at radius 3 is 3.30 bits per heavy atom. The molecule has 0 aromatic carbocycles. The van der Waals surface area contributed by atoms with Crippen molar-refractivity contribution in [3.8, 4) is 0 Å². The third-order valence-electron chi connectivity index (χ3n) is 2.43. The van der Waals surface area contributed by atoms with Gasteiger partial charge in [-0.05, 0) is 19.4 Å². The summed E-state index contributed by atoms with van der Waals surface area (Å²) in [5, 5.41) is 0. The number of esters is 1. The first-order chi connectivity index (χ1) is 4.71. The van der Waals surface area contributed by atoms with E-state index < -0.39 is 0 Å². The van der Waals surface area contributed by atoms with Crippen LogP contribution in [0.4, 0.5) is 0 Å². The zero-order chi connectivity index (χ0) is 7.19. The van der Waals surface area contributed by atoms with E-state index in [0.29, 0.717) is 12.3 Å². The lowest BCUT2D eigenvalue weighted by Crippen LogP contribution is -2.24. The summed E-state index contributed by atoms with van der Waals surface area (Å²) < 4.78 is 5.15. The summed E-state index contributed by atoms with van der Waals surface area (Å²) in [7, 11) is 0. The number of carbonyl (C=O) groups is 1. The summed E-state index contributed by atoms with van der Waals surface area (Å²) in [6, 6.07) is 0. The van der Waals surface area contributed by atoms with E-state index in [0.717, 1.165) is 6.42 Å². The molecule has 2 unspecified atom stereocenters. The van der Waals surface area contributed by atoms with Crippen molar-refractivity contribution in [1.82, 2.24) is 0 Å². The Hall–Kier alpha value is -0.790. The molecule has 2 aliphatic rings. The van der Waals surface area contributed by atoms with Gasteiger partial charge in [0.1, 0.15) is 5.60 Å². The van der Waals surface area contributed by atoms with Crippen LogP contribution in [-0.4, -0.2) is 11.6 Å². The van der Waals surface area contributed by atoms with Crippen LogP contribution in [0, 0.1) is 5.92 Å². The average molecular weight is 138 g/mol. The predicted molar refractivity (Wildman–Crippen MR) is 36.4 cm³/mol. The van der Waals surface area contributed by atoms with Crippen LogP contribution in [0.15, 0.2) is 12.2 Å². The molecule has 1 aliphatic heterocycles. The Morgan fingerprint density at radius 2 is 2.60 bits per heavy atom. The molecule has 2 rings (SSSR count). The van der Waals surface area contributed by atoms with Crippen molar-refractivity contribution in [3.05, 3.63) is 12.2 Å². The van der Waals surface area contributed by atoms with Crippen LogP contribution in [0.25, 0.3) is 0 Å². The fourth-order valence-electron chi connectivity index (χ4n) is 1.73. The lowest BCUT2D eigenvalue weighted by atomic mass is 9.93. The monoisotopic (exact) mass is 138 g/mol. The van der Waals surface area contributed by atoms with E-state index in [9.17, 15) is 4.79 Å². The lowest BCUT2D eigenvalue weighted by Gasteiger charge is -2.19. The topological polar surface area (TPSA) is 26.3 Å². The van der Waals surface area contributed by atoms with Gasteiger partial charge in [-0.1, -0.05) is 6.08 Å². The van der Waals surface area contributed by atoms with Gasteiger partial charge in [0.15, 0.2) is 0 Å². The first kappa shape index (κ1) is 5.96. The quantitative estimate of drug-likeness (QED) is 0.372. The summed E-state index contributed by atoms with van der Waals surface area (Å²) in [5.41, 5.74) is -0.253. The van der Waals surface area contributed by atoms with Crippen LogP contribution in [0.2, 0.25) is 0 Å². The van der Waals surface area contributed by atoms with Gasteiger partial charge < -0.3 is 4.74 Å². The minimum absolute atomic E-state index is 0.0446. The van der Waals surface area contributed by atoms with Crippen LogP contribution in [-0.2, 0) is 9.53 Å². The van der Waals surface area contributed by atoms with Crippen molar-refractivity contribution in [3.63, 3.8) is 0 Å². The minimum atomic E-state index is -0.253. The van der Waals surface area contributed by atoms with E-state index in [1.54, 1.807) is 0 Å². The molecule has 1 heterocycles. The fraction of sp³-hybridized carbons (Fsp3) is 0.625. The van der Waals surface area contributed by atoms with Gasteiger partial charge in [0.05, 0.1) is 6.42 Å². The molecule has 1 fully saturated rings. The van der Waals surface area contributed by atoms with Crippen LogP contribution >= 0.6 is 0 Å². The molecule has 1 aliphatic carbocycles. The van der Waals surface area contributed by atoms with Crippen molar-refractivity contribution in [2.45, 2.75) is 25.4 Å². The first-order valence-electron chi connectivity index (χ1n) is 3.60. The summed E-state index contributed by atoms with van der Waals surface area (Å²) in [4.78, 5) is 10.8. The van der Waals surface area contributed by atoms with Gasteiger partial charge in [0.2, 0.25) is 0 Å². The molecular weight excluding hydrogens is 128 g/mol. The van der Waals surface area contributed by atoms with Crippen LogP contribution in [0.3, 0.4) is 0 Å². The number of rotatable bonds is 0. The molecular formula is C8H10O2. The van der Waals surface area contributed by atoms with Gasteiger partial charge in [-0.2, -0.15) is 0 Å². The summed E-state index contributed by atoms with van der Waals surface area (Å²) in [6.07, 6.45) is 5.70. The maximum Gasteiger partial charge on any atom is 0.307 e. The van der Waals surface area contributed by atoms with Gasteiger partial charge in [-0.3, -0.25) is 4.79 Å². The molecule has 10 heavy (non-hydrogen) atoms. The highest BCUT2D eigenvalue weighted by Gasteiger charge is 2.45. The highest BCUT2D eigenvalue weighted by molar-refractivity contribution is 5.73. The maximum absolute atomic E-state index is 10.8. The number of hydrogen-bond donors (Lipinski definition) is 0. The van der Waals surface area contributed by atoms with E-state index in [-0.39, 0.29) is 11.6 Å². The molecule has 0 aromatic heterocycles. The smallest absolute Gasteiger partial charge is 0.307 e. The summed E-state index contributed by atoms with van der Waals surface area (Å²) in [5.74, 6) is 0.372. The minimum Gasteiger partial charge on any atom is -0.455 e. The van der Waals surface area contributed by atoms with E-state index in [4.69, 9.17) is 4.74 Å². The Morgan fingerprint density at radius 1 is 1.80 bits per heavy atom. The van der Waals surface area contributed by atoms with E-state index in [1.165, 1.54) is 0 Å². The largest absolute Gasteiger partial charge is 0.455 e. The number of ether oxygens (including phenoxy) is 1. The molecule has 2 heteroatoms. The average Bonchev–Trinajstić information content (AvgIpc) is 2.20. The number of carbonyl (C=O) groups excluding carboxylic acids is 1. The fourth-order valence-corrected chi connectivity index (χ4v) is 1.73. The second-order valence-corrected chi connectivity index (χ2v) is 3.20. The highest BCUT2D eigenvalue weighted by atomic mass is 16.6. The van der Waals surface area contributed by atoms with Gasteiger partial charge in [0, 0.05) is 5.92 Å². The zero-order valence-electron chi connectivity index (χ0n) is 5.96. The van der Waals surface area contributed by atoms with Crippen molar-refractivity contribution in [1.29, 1.82) is 0 Å². The molecule has 0 bridgehead atoms. The van der Waals surface area contributed by atoms with Gasteiger partial charge >= 0.3 is 5.97 Å². The number of fused-ring (bicyclic) bond motifs is 1. The first-order valence-corrected chi connectivity index (χ1v) is 3.60. The maximum atomic E-state index is 10.8. The van der Waals surface area contributed by atoms with Crippen molar-refractivity contribution in [2.75, 3.05) is 0 Å². The summed E-state index contributed by atoms with van der Waals surface area (Å²) in [6.45, 7) is 1.98. The van der Waals surface area contributed by atoms with Crippen molar-refractivity contribution < 1.29 is 9.53 Å². The molecule has 54 valence electrons. The lowest BCUT2D eigenvalue weighted by molar-refractivity contribution is -0.144. The second kappa shape index (κ2) is 1.62. The number of allylic oxidation sites excluding steroid dienone is 1. The Balaban J connectivity index is 2.29. The SMILES string of the molecule is CC12C=CCC1CC(=O)O2. The Labute approximate surface area is 59.9 Å². The van der Waals surface area contributed by atoms with Gasteiger partial charge in [-0.25, -0.2) is 0 Å². The van der Waals surface area contributed by atoms with Gasteiger partial charge in [0.25, 0.3) is 0 Å². The normalized spacial score (nSPS) is 43.7. The van der Waals surface area contributed by atoms with Crippen LogP contribution in [0.5, 0.6) is 0 Å². The molecule has 2 atom stereocenters. The van der Waals surface area contributed by atoms with E-state index in [2.05, 4.69) is 6.08 Å². The molecule has 0 spiro atoms. The standard InChI is InChI=1S/C8H10O2/c1-8-4-2-3-6(8)5-7(9)10-8/h2,4,6H,3,5H2,1H3. The Bertz CT molecular complexity index is 207. The van der Waals surface area contributed by atoms with Gasteiger partial charge in [-0.15, -0.1) is 0 Å². The molecule has 0 radical (unpaired) electrons. The van der Waals surface area contributed by atoms with E-state index >= 15 is 0 Å². The highest BCUT2D eigenvalue weighted by Crippen LogP contribution is 2.40. The third kappa shape index (κ3) is 0.618. The Kier molecular flexibility index (Phi) is 0.967. The molecule has 0 aromatic rings. The van der Waals surface area contributed by atoms with Crippen LogP contribution in [0.1, 0.15) is 19.8 Å². The molecule has 1 saturated heterocycles. The van der Waals surface area contributed by atoms with Crippen molar-refractivity contribution >= 4 is 5.97 Å². The predicted octanol–water partition coefficient (Wildman–Crippen LogP) is 1.27. The molecule has 2 nitrogen and oxygen atoms in total. The number of hydrogen-bond acceptors (Lipinski definition) is 2. The van der Waals surface area contributed by atoms with E-state index in [1.807, 2.05) is 13.0 Å².